The minimum Gasteiger partial charge on any atom is -0.350 e. The zero-order valence-electron chi connectivity index (χ0n) is 11.7. The third-order valence-corrected chi connectivity index (χ3v) is 3.78. The molecule has 0 aromatic carbocycles. The van der Waals surface area contributed by atoms with Crippen LogP contribution in [0.3, 0.4) is 0 Å². The SMILES string of the molecule is C=CC(=O)N1CCC(C(=O)NOC2CCCCO2)CC1. The summed E-state index contributed by atoms with van der Waals surface area (Å²) in [6.07, 6.45) is 5.21. The van der Waals surface area contributed by atoms with E-state index in [2.05, 4.69) is 12.1 Å². The third-order valence-electron chi connectivity index (χ3n) is 3.78. The first-order valence-electron chi connectivity index (χ1n) is 7.19. The molecule has 0 spiro atoms. The van der Waals surface area contributed by atoms with Gasteiger partial charge in [-0.1, -0.05) is 6.58 Å². The molecule has 2 rings (SSSR count). The van der Waals surface area contributed by atoms with Gasteiger partial charge in [-0.2, -0.15) is 0 Å². The first kappa shape index (κ1) is 15.0. The molecule has 1 atom stereocenters. The predicted molar refractivity (Wildman–Crippen MR) is 72.3 cm³/mol. The van der Waals surface area contributed by atoms with Crippen LogP contribution in [0.2, 0.25) is 0 Å². The molecule has 0 aliphatic carbocycles. The monoisotopic (exact) mass is 282 g/mol. The molecule has 0 aromatic rings. The zero-order chi connectivity index (χ0) is 14.4. The van der Waals surface area contributed by atoms with Gasteiger partial charge in [0, 0.05) is 32.0 Å². The normalized spacial score (nSPS) is 24.2. The second-order valence-electron chi connectivity index (χ2n) is 5.18. The first-order chi connectivity index (χ1) is 9.70. The molecule has 2 aliphatic rings. The summed E-state index contributed by atoms with van der Waals surface area (Å²) in [4.78, 5) is 30.4. The number of carbonyl (C=O) groups is 2. The highest BCUT2D eigenvalue weighted by Gasteiger charge is 2.27. The Morgan fingerprint density at radius 3 is 2.60 bits per heavy atom. The highest BCUT2D eigenvalue weighted by Crippen LogP contribution is 2.18. The lowest BCUT2D eigenvalue weighted by Gasteiger charge is -2.31. The van der Waals surface area contributed by atoms with E-state index in [1.807, 2.05) is 0 Å². The maximum Gasteiger partial charge on any atom is 0.246 e. The summed E-state index contributed by atoms with van der Waals surface area (Å²) in [6.45, 7) is 5.32. The van der Waals surface area contributed by atoms with Crippen molar-refractivity contribution in [3.8, 4) is 0 Å². The lowest BCUT2D eigenvalue weighted by Crippen LogP contribution is -2.43. The number of likely N-dealkylation sites (tertiary alicyclic amines) is 1. The Bertz CT molecular complexity index is 358. The van der Waals surface area contributed by atoms with Crippen LogP contribution in [0.4, 0.5) is 0 Å². The molecule has 2 fully saturated rings. The standard InChI is InChI=1S/C14H22N2O4/c1-2-12(17)16-8-6-11(7-9-16)14(18)15-20-13-5-3-4-10-19-13/h2,11,13H,1,3-10H2,(H,15,18). The van der Waals surface area contributed by atoms with Crippen molar-refractivity contribution in [3.63, 3.8) is 0 Å². The van der Waals surface area contributed by atoms with Crippen molar-refractivity contribution < 1.29 is 19.2 Å². The van der Waals surface area contributed by atoms with Crippen LogP contribution in [-0.4, -0.2) is 42.7 Å². The molecule has 20 heavy (non-hydrogen) atoms. The van der Waals surface area contributed by atoms with Gasteiger partial charge >= 0.3 is 0 Å². The highest BCUT2D eigenvalue weighted by atomic mass is 16.8. The molecule has 1 unspecified atom stereocenters. The molecule has 0 bridgehead atoms. The Labute approximate surface area is 119 Å². The summed E-state index contributed by atoms with van der Waals surface area (Å²) in [5.74, 6) is -0.298. The summed E-state index contributed by atoms with van der Waals surface area (Å²) in [7, 11) is 0. The fourth-order valence-corrected chi connectivity index (χ4v) is 2.50. The van der Waals surface area contributed by atoms with Crippen molar-refractivity contribution >= 4 is 11.8 Å². The van der Waals surface area contributed by atoms with E-state index in [0.29, 0.717) is 32.5 Å². The summed E-state index contributed by atoms with van der Waals surface area (Å²) < 4.78 is 5.38. The van der Waals surface area contributed by atoms with Gasteiger partial charge in [0.1, 0.15) is 0 Å². The average Bonchev–Trinajstić information content (AvgIpc) is 2.53. The molecule has 1 N–H and O–H groups in total. The Hall–Kier alpha value is -1.40. The molecular weight excluding hydrogens is 260 g/mol. The summed E-state index contributed by atoms with van der Waals surface area (Å²) >= 11 is 0. The van der Waals surface area contributed by atoms with E-state index in [0.717, 1.165) is 19.3 Å². The van der Waals surface area contributed by atoms with Crippen molar-refractivity contribution in [1.82, 2.24) is 10.4 Å². The second kappa shape index (κ2) is 7.40. The molecule has 0 aromatic heterocycles. The fourth-order valence-electron chi connectivity index (χ4n) is 2.50. The molecule has 6 nitrogen and oxygen atoms in total. The van der Waals surface area contributed by atoms with E-state index in [1.165, 1.54) is 6.08 Å². The number of ether oxygens (including phenoxy) is 1. The zero-order valence-corrected chi connectivity index (χ0v) is 11.7. The largest absolute Gasteiger partial charge is 0.350 e. The van der Waals surface area contributed by atoms with Crippen LogP contribution in [0.15, 0.2) is 12.7 Å². The van der Waals surface area contributed by atoms with Gasteiger partial charge in [-0.3, -0.25) is 9.59 Å². The lowest BCUT2D eigenvalue weighted by molar-refractivity contribution is -0.202. The van der Waals surface area contributed by atoms with Crippen molar-refractivity contribution in [1.29, 1.82) is 0 Å². The number of rotatable bonds is 4. The number of carbonyl (C=O) groups excluding carboxylic acids is 2. The van der Waals surface area contributed by atoms with Crippen LogP contribution in [0.25, 0.3) is 0 Å². The van der Waals surface area contributed by atoms with E-state index in [-0.39, 0.29) is 24.0 Å². The number of piperidine rings is 1. The van der Waals surface area contributed by atoms with Gasteiger partial charge in [-0.15, -0.1) is 0 Å². The Morgan fingerprint density at radius 2 is 2.00 bits per heavy atom. The number of nitrogens with one attached hydrogen (secondary N) is 1. The second-order valence-corrected chi connectivity index (χ2v) is 5.18. The van der Waals surface area contributed by atoms with Crippen molar-refractivity contribution in [2.75, 3.05) is 19.7 Å². The van der Waals surface area contributed by atoms with Crippen LogP contribution in [0, 0.1) is 5.92 Å². The maximum absolute atomic E-state index is 12.0. The molecule has 2 heterocycles. The number of hydrogen-bond acceptors (Lipinski definition) is 4. The third kappa shape index (κ3) is 4.05. The predicted octanol–water partition coefficient (Wildman–Crippen LogP) is 0.985. The number of hydroxylamine groups is 1. The van der Waals surface area contributed by atoms with Gasteiger partial charge < -0.3 is 9.64 Å². The van der Waals surface area contributed by atoms with Crippen molar-refractivity contribution in [2.24, 2.45) is 5.92 Å². The van der Waals surface area contributed by atoms with Gasteiger partial charge in [-0.05, 0) is 31.8 Å². The van der Waals surface area contributed by atoms with E-state index in [1.54, 1.807) is 4.90 Å². The molecule has 0 radical (unpaired) electrons. The minimum atomic E-state index is -0.324. The van der Waals surface area contributed by atoms with Gasteiger partial charge in [0.05, 0.1) is 0 Å². The Kier molecular flexibility index (Phi) is 5.55. The molecule has 2 aliphatic heterocycles. The molecule has 2 saturated heterocycles. The smallest absolute Gasteiger partial charge is 0.246 e. The van der Waals surface area contributed by atoms with Crippen molar-refractivity contribution in [3.05, 3.63) is 12.7 Å². The Balaban J connectivity index is 1.68. The molecule has 0 saturated carbocycles. The summed E-state index contributed by atoms with van der Waals surface area (Å²) in [6, 6.07) is 0. The highest BCUT2D eigenvalue weighted by molar-refractivity contribution is 5.87. The topological polar surface area (TPSA) is 67.9 Å². The quantitative estimate of drug-likeness (QED) is 0.616. The van der Waals surface area contributed by atoms with E-state index >= 15 is 0 Å². The van der Waals surface area contributed by atoms with Gasteiger partial charge in [0.25, 0.3) is 0 Å². The number of nitrogens with zero attached hydrogens (tertiary/aromatic N) is 1. The van der Waals surface area contributed by atoms with Gasteiger partial charge in [0.2, 0.25) is 11.8 Å². The van der Waals surface area contributed by atoms with Crippen LogP contribution in [0.1, 0.15) is 32.1 Å². The van der Waals surface area contributed by atoms with Crippen LogP contribution < -0.4 is 5.48 Å². The lowest BCUT2D eigenvalue weighted by atomic mass is 9.96. The van der Waals surface area contributed by atoms with Gasteiger partial charge in [-0.25, -0.2) is 10.3 Å². The summed E-state index contributed by atoms with van der Waals surface area (Å²) in [5.41, 5.74) is 2.49. The van der Waals surface area contributed by atoms with Crippen LogP contribution in [-0.2, 0) is 19.2 Å². The van der Waals surface area contributed by atoms with E-state index in [9.17, 15) is 9.59 Å². The van der Waals surface area contributed by atoms with Crippen LogP contribution in [0.5, 0.6) is 0 Å². The number of hydrogen-bond donors (Lipinski definition) is 1. The van der Waals surface area contributed by atoms with Crippen LogP contribution >= 0.6 is 0 Å². The van der Waals surface area contributed by atoms with E-state index in [4.69, 9.17) is 9.57 Å². The molecule has 6 heteroatoms. The summed E-state index contributed by atoms with van der Waals surface area (Å²) in [5, 5.41) is 0. The van der Waals surface area contributed by atoms with Gasteiger partial charge in [0.15, 0.2) is 6.29 Å². The van der Waals surface area contributed by atoms with Crippen molar-refractivity contribution in [2.45, 2.75) is 38.4 Å². The average molecular weight is 282 g/mol. The maximum atomic E-state index is 12.0. The number of amides is 2. The van der Waals surface area contributed by atoms with E-state index < -0.39 is 0 Å². The molecule has 2 amide bonds. The minimum absolute atomic E-state index is 0.0734. The first-order valence-corrected chi connectivity index (χ1v) is 7.19. The fraction of sp³-hybridized carbons (Fsp3) is 0.714. The Morgan fingerprint density at radius 1 is 1.25 bits per heavy atom. The molecule has 112 valence electrons. The molecular formula is C14H22N2O4.